The molecule has 0 amide bonds. The van der Waals surface area contributed by atoms with Crippen molar-refractivity contribution in [2.24, 2.45) is 5.92 Å². The highest BCUT2D eigenvalue weighted by atomic mass is 79.9. The lowest BCUT2D eigenvalue weighted by molar-refractivity contribution is 0.173. The number of hydrogen-bond acceptors (Lipinski definition) is 3. The van der Waals surface area contributed by atoms with Gasteiger partial charge in [0.2, 0.25) is 0 Å². The predicted octanol–water partition coefficient (Wildman–Crippen LogP) is 3.70. The van der Waals surface area contributed by atoms with Crippen LogP contribution in [0.25, 0.3) is 0 Å². The van der Waals surface area contributed by atoms with E-state index in [-0.39, 0.29) is 0 Å². The van der Waals surface area contributed by atoms with Crippen LogP contribution in [0, 0.1) is 5.92 Å². The second kappa shape index (κ2) is 6.62. The minimum Gasteiger partial charge on any atom is -0.496 e. The van der Waals surface area contributed by atoms with Crippen LogP contribution in [0.15, 0.2) is 16.6 Å². The fourth-order valence-corrected chi connectivity index (χ4v) is 3.18. The van der Waals surface area contributed by atoms with Gasteiger partial charge in [0.1, 0.15) is 11.5 Å². The number of halogens is 1. The molecule has 1 heterocycles. The molecular formula is C15H22BrNO2. The molecule has 0 spiro atoms. The fourth-order valence-electron chi connectivity index (χ4n) is 2.76. The van der Waals surface area contributed by atoms with E-state index in [1.165, 1.54) is 12.8 Å². The van der Waals surface area contributed by atoms with Crippen molar-refractivity contribution < 1.29 is 9.47 Å². The number of piperidine rings is 1. The maximum atomic E-state index is 5.50. The van der Waals surface area contributed by atoms with Crippen LogP contribution in [0.1, 0.15) is 25.3 Å². The molecule has 1 aliphatic rings. The molecule has 1 aliphatic heterocycles. The van der Waals surface area contributed by atoms with Crippen molar-refractivity contribution in [3.8, 4) is 11.5 Å². The first-order valence-electron chi connectivity index (χ1n) is 6.76. The number of benzene rings is 1. The molecule has 0 bridgehead atoms. The number of ether oxygens (including phenoxy) is 2. The predicted molar refractivity (Wildman–Crippen MR) is 80.9 cm³/mol. The summed E-state index contributed by atoms with van der Waals surface area (Å²) in [5, 5.41) is 0. The number of methoxy groups -OCH3 is 2. The summed E-state index contributed by atoms with van der Waals surface area (Å²) < 4.78 is 12.0. The van der Waals surface area contributed by atoms with E-state index in [0.717, 1.165) is 47.1 Å². The topological polar surface area (TPSA) is 21.7 Å². The molecule has 1 fully saturated rings. The monoisotopic (exact) mass is 327 g/mol. The molecule has 1 aromatic rings. The molecule has 1 unspecified atom stereocenters. The van der Waals surface area contributed by atoms with E-state index in [1.54, 1.807) is 14.2 Å². The second-order valence-corrected chi connectivity index (χ2v) is 6.19. The Morgan fingerprint density at radius 2 is 1.89 bits per heavy atom. The van der Waals surface area contributed by atoms with Gasteiger partial charge in [0.25, 0.3) is 0 Å². The smallest absolute Gasteiger partial charge is 0.128 e. The normalized spacial score (nSPS) is 20.3. The van der Waals surface area contributed by atoms with Crippen LogP contribution in [0.2, 0.25) is 0 Å². The summed E-state index contributed by atoms with van der Waals surface area (Å²) in [4.78, 5) is 2.49. The van der Waals surface area contributed by atoms with Gasteiger partial charge in [0.05, 0.1) is 19.8 Å². The Labute approximate surface area is 124 Å². The molecule has 19 heavy (non-hydrogen) atoms. The lowest BCUT2D eigenvalue weighted by Gasteiger charge is -2.31. The molecule has 0 aromatic heterocycles. The molecule has 1 aromatic carbocycles. The zero-order chi connectivity index (χ0) is 13.8. The maximum absolute atomic E-state index is 5.50. The van der Waals surface area contributed by atoms with Gasteiger partial charge in [-0.2, -0.15) is 0 Å². The summed E-state index contributed by atoms with van der Waals surface area (Å²) in [6.07, 6.45) is 2.62. The Morgan fingerprint density at radius 1 is 1.26 bits per heavy atom. The zero-order valence-electron chi connectivity index (χ0n) is 11.9. The van der Waals surface area contributed by atoms with Gasteiger partial charge in [0.15, 0.2) is 0 Å². The number of rotatable bonds is 4. The first kappa shape index (κ1) is 14.7. The van der Waals surface area contributed by atoms with Crippen molar-refractivity contribution in [1.29, 1.82) is 0 Å². The highest BCUT2D eigenvalue weighted by Crippen LogP contribution is 2.34. The Morgan fingerprint density at radius 3 is 2.42 bits per heavy atom. The van der Waals surface area contributed by atoms with Gasteiger partial charge in [-0.15, -0.1) is 0 Å². The SMILES string of the molecule is COc1cc(Br)cc(OC)c1CN1CCCC(C)C1. The molecule has 2 rings (SSSR count). The van der Waals surface area contributed by atoms with Crippen molar-refractivity contribution in [3.05, 3.63) is 22.2 Å². The molecule has 3 nitrogen and oxygen atoms in total. The number of hydrogen-bond donors (Lipinski definition) is 0. The number of likely N-dealkylation sites (tertiary alicyclic amines) is 1. The Kier molecular flexibility index (Phi) is 5.11. The van der Waals surface area contributed by atoms with Crippen LogP contribution in [0.4, 0.5) is 0 Å². The summed E-state index contributed by atoms with van der Waals surface area (Å²) >= 11 is 3.49. The van der Waals surface area contributed by atoms with Crippen LogP contribution < -0.4 is 9.47 Å². The van der Waals surface area contributed by atoms with Crippen molar-refractivity contribution >= 4 is 15.9 Å². The molecule has 0 radical (unpaired) electrons. The molecule has 1 atom stereocenters. The average molecular weight is 328 g/mol. The first-order chi connectivity index (χ1) is 9.13. The van der Waals surface area contributed by atoms with Crippen molar-refractivity contribution in [3.63, 3.8) is 0 Å². The van der Waals surface area contributed by atoms with Crippen molar-refractivity contribution in [1.82, 2.24) is 4.90 Å². The van der Waals surface area contributed by atoms with Crippen LogP contribution >= 0.6 is 15.9 Å². The van der Waals surface area contributed by atoms with Crippen LogP contribution in [0.3, 0.4) is 0 Å². The zero-order valence-corrected chi connectivity index (χ0v) is 13.5. The van der Waals surface area contributed by atoms with E-state index >= 15 is 0 Å². The lowest BCUT2D eigenvalue weighted by atomic mass is 9.99. The quantitative estimate of drug-likeness (QED) is 0.841. The number of nitrogens with zero attached hydrogens (tertiary/aromatic N) is 1. The van der Waals surface area contributed by atoms with Gasteiger partial charge in [0, 0.05) is 17.6 Å². The molecule has 0 saturated carbocycles. The standard InChI is InChI=1S/C15H22BrNO2/c1-11-5-4-6-17(9-11)10-13-14(18-2)7-12(16)8-15(13)19-3/h7-8,11H,4-6,9-10H2,1-3H3. The molecular weight excluding hydrogens is 306 g/mol. The molecule has 0 aliphatic carbocycles. The third-order valence-corrected chi connectivity index (χ3v) is 4.15. The minimum absolute atomic E-state index is 0.779. The summed E-state index contributed by atoms with van der Waals surface area (Å²) in [6, 6.07) is 4.01. The Balaban J connectivity index is 2.22. The molecule has 4 heteroatoms. The van der Waals surface area contributed by atoms with E-state index in [9.17, 15) is 0 Å². The lowest BCUT2D eigenvalue weighted by Crippen LogP contribution is -2.33. The second-order valence-electron chi connectivity index (χ2n) is 5.27. The van der Waals surface area contributed by atoms with Gasteiger partial charge in [-0.3, -0.25) is 4.90 Å². The molecule has 1 saturated heterocycles. The van der Waals surface area contributed by atoms with E-state index in [0.29, 0.717) is 0 Å². The van der Waals surface area contributed by atoms with Crippen molar-refractivity contribution in [2.45, 2.75) is 26.3 Å². The molecule has 0 N–H and O–H groups in total. The fraction of sp³-hybridized carbons (Fsp3) is 0.600. The Bertz CT molecular complexity index is 411. The van der Waals surface area contributed by atoms with Gasteiger partial charge in [-0.25, -0.2) is 0 Å². The summed E-state index contributed by atoms with van der Waals surface area (Å²) in [7, 11) is 3.42. The van der Waals surface area contributed by atoms with Gasteiger partial charge in [-0.1, -0.05) is 22.9 Å². The first-order valence-corrected chi connectivity index (χ1v) is 7.56. The van der Waals surface area contributed by atoms with Crippen LogP contribution in [-0.2, 0) is 6.54 Å². The van der Waals surface area contributed by atoms with E-state index in [1.807, 2.05) is 12.1 Å². The molecule has 106 valence electrons. The van der Waals surface area contributed by atoms with E-state index < -0.39 is 0 Å². The average Bonchev–Trinajstić information content (AvgIpc) is 2.40. The minimum atomic E-state index is 0.779. The highest BCUT2D eigenvalue weighted by Gasteiger charge is 2.20. The largest absolute Gasteiger partial charge is 0.496 e. The Hall–Kier alpha value is -0.740. The van der Waals surface area contributed by atoms with Crippen molar-refractivity contribution in [2.75, 3.05) is 27.3 Å². The van der Waals surface area contributed by atoms with Crippen LogP contribution in [0.5, 0.6) is 11.5 Å². The summed E-state index contributed by atoms with van der Waals surface area (Å²) in [5.41, 5.74) is 1.14. The van der Waals surface area contributed by atoms with Crippen LogP contribution in [-0.4, -0.2) is 32.2 Å². The maximum Gasteiger partial charge on any atom is 0.128 e. The third-order valence-electron chi connectivity index (χ3n) is 3.70. The van der Waals surface area contributed by atoms with E-state index in [2.05, 4.69) is 27.8 Å². The highest BCUT2D eigenvalue weighted by molar-refractivity contribution is 9.10. The van der Waals surface area contributed by atoms with E-state index in [4.69, 9.17) is 9.47 Å². The summed E-state index contributed by atoms with van der Waals surface area (Å²) in [5.74, 6) is 2.56. The van der Waals surface area contributed by atoms with Gasteiger partial charge < -0.3 is 9.47 Å². The van der Waals surface area contributed by atoms with Gasteiger partial charge in [-0.05, 0) is 37.4 Å². The third kappa shape index (κ3) is 3.63. The summed E-state index contributed by atoms with van der Waals surface area (Å²) in [6.45, 7) is 5.53. The van der Waals surface area contributed by atoms with Gasteiger partial charge >= 0.3 is 0 Å².